The van der Waals surface area contributed by atoms with Crippen molar-refractivity contribution >= 4 is 15.7 Å². The van der Waals surface area contributed by atoms with Crippen molar-refractivity contribution in [3.8, 4) is 0 Å². The van der Waals surface area contributed by atoms with Crippen LogP contribution >= 0.6 is 0 Å². The minimum absolute atomic E-state index is 0.00745. The molecule has 3 aliphatic rings. The highest BCUT2D eigenvalue weighted by Gasteiger charge is 2.74. The van der Waals surface area contributed by atoms with Gasteiger partial charge in [0, 0.05) is 18.0 Å². The van der Waals surface area contributed by atoms with E-state index in [1.807, 2.05) is 6.92 Å². The quantitative estimate of drug-likeness (QED) is 0.269. The van der Waals surface area contributed by atoms with Crippen molar-refractivity contribution in [3.05, 3.63) is 65.0 Å². The minimum Gasteiger partial charge on any atom is -0.337 e. The second-order valence-corrected chi connectivity index (χ2v) is 13.8. The number of sulfone groups is 1. The van der Waals surface area contributed by atoms with Crippen molar-refractivity contribution in [2.24, 2.45) is 11.8 Å². The molecule has 42 heavy (non-hydrogen) atoms. The van der Waals surface area contributed by atoms with E-state index in [4.69, 9.17) is 0 Å². The van der Waals surface area contributed by atoms with Crippen molar-refractivity contribution < 1.29 is 48.3 Å². The lowest BCUT2D eigenvalue weighted by Crippen LogP contribution is -2.54. The minimum atomic E-state index is -6.33. The van der Waals surface area contributed by atoms with E-state index < -0.39 is 50.0 Å². The third kappa shape index (κ3) is 4.43. The van der Waals surface area contributed by atoms with E-state index in [0.29, 0.717) is 18.6 Å². The van der Waals surface area contributed by atoms with Crippen LogP contribution in [0.25, 0.3) is 0 Å². The Kier molecular flexibility index (Phi) is 7.46. The zero-order chi connectivity index (χ0) is 30.9. The summed E-state index contributed by atoms with van der Waals surface area (Å²) in [5.74, 6) is -1.25. The summed E-state index contributed by atoms with van der Waals surface area (Å²) in [6.07, 6.45) is -9.88. The van der Waals surface area contributed by atoms with E-state index >= 15 is 0 Å². The SMILES string of the molecule is C[C@H]1CCCC[C@H]1C(=O)N1CC[C@@]2(S(=O)(=O)c3ccc(F)cc3)c3ccc(C(F)(C(F)(F)F)C(F)(F)F)cc3CC[C@@H]12. The average Bonchev–Trinajstić information content (AvgIpc) is 3.33. The van der Waals surface area contributed by atoms with Crippen molar-refractivity contribution in [1.29, 1.82) is 0 Å². The highest BCUT2D eigenvalue weighted by Crippen LogP contribution is 2.57. The average molecular weight is 624 g/mol. The maximum atomic E-state index is 15.0. The van der Waals surface area contributed by atoms with Crippen LogP contribution in [-0.4, -0.2) is 44.2 Å². The van der Waals surface area contributed by atoms with Gasteiger partial charge in [-0.15, -0.1) is 0 Å². The first kappa shape index (κ1) is 30.7. The second-order valence-electron chi connectivity index (χ2n) is 11.6. The first-order valence-electron chi connectivity index (χ1n) is 13.7. The van der Waals surface area contributed by atoms with Gasteiger partial charge in [-0.3, -0.25) is 4.79 Å². The zero-order valence-corrected chi connectivity index (χ0v) is 23.4. The Morgan fingerprint density at radius 3 is 2.12 bits per heavy atom. The summed E-state index contributed by atoms with van der Waals surface area (Å²) in [5, 5.41) is 0. The summed E-state index contributed by atoms with van der Waals surface area (Å²) >= 11 is 0. The number of amides is 1. The molecular weight excluding hydrogens is 594 g/mol. The van der Waals surface area contributed by atoms with Gasteiger partial charge in [0.1, 0.15) is 10.6 Å². The van der Waals surface area contributed by atoms with Crippen LogP contribution in [0.3, 0.4) is 0 Å². The topological polar surface area (TPSA) is 54.5 Å². The lowest BCUT2D eigenvalue weighted by molar-refractivity contribution is -0.348. The third-order valence-electron chi connectivity index (χ3n) is 9.38. The predicted octanol–water partition coefficient (Wildman–Crippen LogP) is 7.16. The van der Waals surface area contributed by atoms with E-state index in [9.17, 15) is 48.3 Å². The predicted molar refractivity (Wildman–Crippen MR) is 136 cm³/mol. The summed E-state index contributed by atoms with van der Waals surface area (Å²) < 4.78 is 137. The lowest BCUT2D eigenvalue weighted by atomic mass is 9.76. The molecule has 5 rings (SSSR count). The van der Waals surface area contributed by atoms with Crippen molar-refractivity contribution in [2.45, 2.75) is 85.6 Å². The molecule has 1 aliphatic heterocycles. The standard InChI is InChI=1S/C29H29F8NO3S/c1-17-4-2-3-5-22(17)25(39)38-15-14-26(42(40,41)21-10-8-20(30)9-11-21)23-12-7-19(16-18(23)6-13-24(26)38)27(31,28(32,33)34)29(35,36)37/h7-12,16-17,22,24H,2-6,13-15H2,1H3/t17-,22+,24+,26+/m0/s1. The highest BCUT2D eigenvalue weighted by molar-refractivity contribution is 7.92. The van der Waals surface area contributed by atoms with Gasteiger partial charge in [0.2, 0.25) is 5.91 Å². The van der Waals surface area contributed by atoms with E-state index in [-0.39, 0.29) is 59.6 Å². The molecule has 1 saturated carbocycles. The zero-order valence-electron chi connectivity index (χ0n) is 22.5. The highest BCUT2D eigenvalue weighted by atomic mass is 32.2. The molecule has 2 aromatic rings. The van der Waals surface area contributed by atoms with E-state index in [1.165, 1.54) is 4.90 Å². The molecule has 230 valence electrons. The van der Waals surface area contributed by atoms with Gasteiger partial charge in [0.15, 0.2) is 9.84 Å². The molecule has 1 heterocycles. The number of carbonyl (C=O) groups is 1. The Balaban J connectivity index is 1.68. The van der Waals surface area contributed by atoms with Crippen LogP contribution in [0, 0.1) is 17.7 Å². The Morgan fingerprint density at radius 2 is 1.52 bits per heavy atom. The molecule has 2 fully saturated rings. The molecule has 0 radical (unpaired) electrons. The number of likely N-dealkylation sites (tertiary alicyclic amines) is 1. The molecule has 0 aromatic heterocycles. The molecule has 4 nitrogen and oxygen atoms in total. The number of carbonyl (C=O) groups excluding carboxylic acids is 1. The Morgan fingerprint density at radius 1 is 0.905 bits per heavy atom. The molecule has 1 saturated heterocycles. The van der Waals surface area contributed by atoms with Gasteiger partial charge in [-0.1, -0.05) is 38.0 Å². The Hall–Kier alpha value is -2.70. The number of rotatable bonds is 4. The second kappa shape index (κ2) is 10.2. The molecule has 0 bridgehead atoms. The van der Waals surface area contributed by atoms with E-state index in [1.54, 1.807) is 0 Å². The summed E-state index contributed by atoms with van der Waals surface area (Å²) in [4.78, 5) is 15.0. The Bertz CT molecular complexity index is 1460. The van der Waals surface area contributed by atoms with Crippen LogP contribution in [0.15, 0.2) is 47.4 Å². The van der Waals surface area contributed by atoms with E-state index in [2.05, 4.69) is 0 Å². The van der Waals surface area contributed by atoms with Crippen LogP contribution < -0.4 is 0 Å². The number of halogens is 8. The van der Waals surface area contributed by atoms with Gasteiger partial charge >= 0.3 is 18.0 Å². The first-order valence-corrected chi connectivity index (χ1v) is 15.2. The van der Waals surface area contributed by atoms with Crippen LogP contribution in [0.2, 0.25) is 0 Å². The monoisotopic (exact) mass is 623 g/mol. The van der Waals surface area contributed by atoms with Crippen molar-refractivity contribution in [2.75, 3.05) is 6.54 Å². The van der Waals surface area contributed by atoms with Gasteiger partial charge in [-0.05, 0) is 73.4 Å². The normalized spacial score (nSPS) is 27.0. The fourth-order valence-corrected chi connectivity index (χ4v) is 9.58. The number of aryl methyl sites for hydroxylation is 1. The number of alkyl halides is 7. The molecular formula is C29H29F8NO3S. The maximum absolute atomic E-state index is 15.0. The number of hydrogen-bond donors (Lipinski definition) is 0. The van der Waals surface area contributed by atoms with E-state index in [0.717, 1.165) is 49.6 Å². The van der Waals surface area contributed by atoms with Crippen LogP contribution in [0.5, 0.6) is 0 Å². The third-order valence-corrected chi connectivity index (χ3v) is 11.9. The van der Waals surface area contributed by atoms with Crippen LogP contribution in [0.1, 0.15) is 62.1 Å². The fourth-order valence-electron chi connectivity index (χ4n) is 7.21. The van der Waals surface area contributed by atoms with Gasteiger partial charge in [0.05, 0.1) is 10.9 Å². The summed E-state index contributed by atoms with van der Waals surface area (Å²) in [5.41, 5.74) is -7.63. The van der Waals surface area contributed by atoms with Gasteiger partial charge in [-0.25, -0.2) is 17.2 Å². The fraction of sp³-hybridized carbons (Fsp3) is 0.552. The van der Waals surface area contributed by atoms with Crippen LogP contribution in [-0.2, 0) is 31.5 Å². The smallest absolute Gasteiger partial charge is 0.337 e. The molecule has 2 aromatic carbocycles. The summed E-state index contributed by atoms with van der Waals surface area (Å²) in [6.45, 7) is 1.94. The number of hydrogen-bond acceptors (Lipinski definition) is 3. The maximum Gasteiger partial charge on any atom is 0.435 e. The number of fused-ring (bicyclic) bond motifs is 3. The van der Waals surface area contributed by atoms with Gasteiger partial charge in [-0.2, -0.15) is 26.3 Å². The molecule has 1 amide bonds. The van der Waals surface area contributed by atoms with Crippen LogP contribution in [0.4, 0.5) is 35.1 Å². The molecule has 4 atom stereocenters. The molecule has 2 aliphatic carbocycles. The molecule has 13 heteroatoms. The van der Waals surface area contributed by atoms with Crippen molar-refractivity contribution in [3.63, 3.8) is 0 Å². The molecule has 0 N–H and O–H groups in total. The lowest BCUT2D eigenvalue weighted by Gasteiger charge is -2.44. The van der Waals surface area contributed by atoms with Gasteiger partial charge in [0.25, 0.3) is 0 Å². The number of nitrogens with zero attached hydrogens (tertiary/aromatic N) is 1. The largest absolute Gasteiger partial charge is 0.435 e. The summed E-state index contributed by atoms with van der Waals surface area (Å²) in [7, 11) is -4.51. The molecule has 0 unspecified atom stereocenters. The Labute approximate surface area is 238 Å². The first-order chi connectivity index (χ1) is 19.5. The summed E-state index contributed by atoms with van der Waals surface area (Å²) in [6, 6.07) is 4.54. The van der Waals surface area contributed by atoms with Crippen molar-refractivity contribution in [1.82, 2.24) is 4.90 Å². The molecule has 0 spiro atoms. The number of benzene rings is 2. The van der Waals surface area contributed by atoms with Gasteiger partial charge < -0.3 is 4.90 Å².